The van der Waals surface area contributed by atoms with Crippen molar-refractivity contribution in [3.05, 3.63) is 32.6 Å². The maximum absolute atomic E-state index is 12.3. The van der Waals surface area contributed by atoms with E-state index in [0.717, 1.165) is 10.1 Å². The van der Waals surface area contributed by atoms with Gasteiger partial charge < -0.3 is 10.1 Å². The molecule has 0 radical (unpaired) electrons. The van der Waals surface area contributed by atoms with Crippen LogP contribution in [0.5, 0.6) is 0 Å². The van der Waals surface area contributed by atoms with E-state index in [9.17, 15) is 9.59 Å². The smallest absolute Gasteiger partial charge is 0.332 e. The van der Waals surface area contributed by atoms with Gasteiger partial charge in [-0.2, -0.15) is 0 Å². The van der Waals surface area contributed by atoms with Crippen molar-refractivity contribution in [3.8, 4) is 0 Å². The van der Waals surface area contributed by atoms with E-state index in [2.05, 4.69) is 10.3 Å². The molecule has 0 aliphatic heterocycles. The number of hydrogen-bond donors (Lipinski definition) is 1. The Morgan fingerprint density at radius 2 is 2.00 bits per heavy atom. The minimum atomic E-state index is -0.387. The summed E-state index contributed by atoms with van der Waals surface area (Å²) in [5.74, 6) is 0. The summed E-state index contributed by atoms with van der Waals surface area (Å²) in [5, 5.41) is 3.60. The van der Waals surface area contributed by atoms with Gasteiger partial charge in [-0.05, 0) is 12.5 Å². The third-order valence-electron chi connectivity index (χ3n) is 3.27. The summed E-state index contributed by atoms with van der Waals surface area (Å²) in [6, 6.07) is 0. The van der Waals surface area contributed by atoms with Gasteiger partial charge in [0.2, 0.25) is 0 Å². The molecule has 0 spiro atoms. The molecule has 7 nitrogen and oxygen atoms in total. The molecule has 1 N–H and O–H groups in total. The Morgan fingerprint density at radius 3 is 2.65 bits per heavy atom. The Morgan fingerprint density at radius 1 is 1.30 bits per heavy atom. The molecule has 0 saturated carbocycles. The van der Waals surface area contributed by atoms with Crippen LogP contribution < -0.4 is 16.6 Å². The summed E-state index contributed by atoms with van der Waals surface area (Å²) in [6.07, 6.45) is 1.65. The van der Waals surface area contributed by atoms with Crippen LogP contribution in [0.15, 0.2) is 15.8 Å². The maximum atomic E-state index is 12.3. The molecule has 0 unspecified atom stereocenters. The van der Waals surface area contributed by atoms with E-state index in [1.54, 1.807) is 20.4 Å². The van der Waals surface area contributed by atoms with Crippen molar-refractivity contribution in [1.82, 2.24) is 14.1 Å². The van der Waals surface area contributed by atoms with Gasteiger partial charge in [0.05, 0.1) is 12.3 Å². The first-order chi connectivity index (χ1) is 9.49. The molecule has 2 aromatic rings. The summed E-state index contributed by atoms with van der Waals surface area (Å²) >= 11 is 0. The predicted octanol–water partition coefficient (Wildman–Crippen LogP) is -0.00108. The fourth-order valence-corrected chi connectivity index (χ4v) is 2.13. The second kappa shape index (κ2) is 5.46. The third-order valence-corrected chi connectivity index (χ3v) is 3.27. The number of nitrogens with zero attached hydrogens (tertiary/aromatic N) is 3. The second-order valence-electron chi connectivity index (χ2n) is 4.64. The molecule has 0 fully saturated rings. The maximum Gasteiger partial charge on any atom is 0.332 e. The molecule has 0 aliphatic rings. The molecule has 0 aliphatic carbocycles. The highest BCUT2D eigenvalue weighted by atomic mass is 16.5. The highest BCUT2D eigenvalue weighted by molar-refractivity contribution is 5.89. The van der Waals surface area contributed by atoms with Gasteiger partial charge in [0.1, 0.15) is 5.39 Å². The molecule has 0 atom stereocenters. The van der Waals surface area contributed by atoms with Gasteiger partial charge in [-0.25, -0.2) is 9.78 Å². The molecular formula is C13H18N4O3. The van der Waals surface area contributed by atoms with E-state index >= 15 is 0 Å². The number of methoxy groups -OCH3 is 1. The molecule has 0 aromatic carbocycles. The molecular weight excluding hydrogens is 260 g/mol. The molecule has 0 saturated heterocycles. The minimum Gasteiger partial charge on any atom is -0.383 e. The molecule has 0 amide bonds. The van der Waals surface area contributed by atoms with Crippen LogP contribution in [0.25, 0.3) is 11.0 Å². The quantitative estimate of drug-likeness (QED) is 0.796. The molecule has 108 valence electrons. The lowest BCUT2D eigenvalue weighted by Crippen LogP contribution is -2.37. The lowest BCUT2D eigenvalue weighted by molar-refractivity contribution is 0.211. The SMILES string of the molecule is COCCNc1c(C)cnc2c1c(=O)n(C)c(=O)n2C. The summed E-state index contributed by atoms with van der Waals surface area (Å²) < 4.78 is 7.46. The van der Waals surface area contributed by atoms with Crippen molar-refractivity contribution in [2.24, 2.45) is 14.1 Å². The van der Waals surface area contributed by atoms with Crippen LogP contribution >= 0.6 is 0 Å². The number of ether oxygens (including phenoxy) is 1. The van der Waals surface area contributed by atoms with E-state index in [4.69, 9.17) is 4.74 Å². The number of fused-ring (bicyclic) bond motifs is 1. The Hall–Kier alpha value is -2.15. The van der Waals surface area contributed by atoms with E-state index in [-0.39, 0.29) is 11.2 Å². The van der Waals surface area contributed by atoms with Crippen LogP contribution in [0, 0.1) is 6.92 Å². The standard InChI is InChI=1S/C13H18N4O3/c1-8-7-15-11-9(10(8)14-5-6-20-4)12(18)17(3)13(19)16(11)2/h7H,5-6H2,1-4H3,(H,14,15). The molecule has 20 heavy (non-hydrogen) atoms. The molecule has 0 bridgehead atoms. The van der Waals surface area contributed by atoms with Gasteiger partial charge in [0, 0.05) is 33.9 Å². The van der Waals surface area contributed by atoms with Crippen LogP contribution in [0.4, 0.5) is 5.69 Å². The number of hydrogen-bond acceptors (Lipinski definition) is 5. The zero-order valence-corrected chi connectivity index (χ0v) is 12.1. The fraction of sp³-hybridized carbons (Fsp3) is 0.462. The first-order valence-corrected chi connectivity index (χ1v) is 6.27. The van der Waals surface area contributed by atoms with Crippen molar-refractivity contribution < 1.29 is 4.74 Å². The van der Waals surface area contributed by atoms with Gasteiger partial charge in [-0.1, -0.05) is 0 Å². The normalized spacial score (nSPS) is 11.0. The number of nitrogens with one attached hydrogen (secondary N) is 1. The number of pyridine rings is 1. The van der Waals surface area contributed by atoms with Crippen LogP contribution in [0.3, 0.4) is 0 Å². The zero-order chi connectivity index (χ0) is 14.9. The van der Waals surface area contributed by atoms with Crippen molar-refractivity contribution in [1.29, 1.82) is 0 Å². The average molecular weight is 278 g/mol. The van der Waals surface area contributed by atoms with Crippen molar-refractivity contribution in [3.63, 3.8) is 0 Å². The summed E-state index contributed by atoms with van der Waals surface area (Å²) in [4.78, 5) is 28.5. The van der Waals surface area contributed by atoms with Gasteiger partial charge in [0.25, 0.3) is 5.56 Å². The highest BCUT2D eigenvalue weighted by Crippen LogP contribution is 2.21. The van der Waals surface area contributed by atoms with Crippen molar-refractivity contribution in [2.45, 2.75) is 6.92 Å². The number of aromatic nitrogens is 3. The Bertz CT molecular complexity index is 761. The lowest BCUT2D eigenvalue weighted by atomic mass is 10.2. The number of anilines is 1. The van der Waals surface area contributed by atoms with Gasteiger partial charge in [-0.3, -0.25) is 13.9 Å². The third kappa shape index (κ3) is 2.20. The summed E-state index contributed by atoms with van der Waals surface area (Å²) in [6.45, 7) is 2.96. The van der Waals surface area contributed by atoms with Crippen LogP contribution in [0.2, 0.25) is 0 Å². The lowest BCUT2D eigenvalue weighted by Gasteiger charge is -2.14. The van der Waals surface area contributed by atoms with Gasteiger partial charge in [0.15, 0.2) is 5.65 Å². The topological polar surface area (TPSA) is 78.2 Å². The Labute approximate surface area is 115 Å². The monoisotopic (exact) mass is 278 g/mol. The summed E-state index contributed by atoms with van der Waals surface area (Å²) in [7, 11) is 4.68. The summed E-state index contributed by atoms with van der Waals surface area (Å²) in [5.41, 5.74) is 1.19. The highest BCUT2D eigenvalue weighted by Gasteiger charge is 2.15. The van der Waals surface area contributed by atoms with E-state index in [0.29, 0.717) is 29.9 Å². The average Bonchev–Trinajstić information content (AvgIpc) is 2.44. The molecule has 2 aromatic heterocycles. The van der Waals surface area contributed by atoms with Crippen LogP contribution in [-0.2, 0) is 18.8 Å². The first-order valence-electron chi connectivity index (χ1n) is 6.27. The predicted molar refractivity (Wildman–Crippen MR) is 77.3 cm³/mol. The van der Waals surface area contributed by atoms with E-state index in [1.807, 2.05) is 6.92 Å². The van der Waals surface area contributed by atoms with Gasteiger partial charge in [-0.15, -0.1) is 0 Å². The number of aryl methyl sites for hydroxylation is 2. The second-order valence-corrected chi connectivity index (χ2v) is 4.64. The van der Waals surface area contributed by atoms with Crippen molar-refractivity contribution >= 4 is 16.7 Å². The zero-order valence-electron chi connectivity index (χ0n) is 12.1. The van der Waals surface area contributed by atoms with E-state index < -0.39 is 0 Å². The van der Waals surface area contributed by atoms with Gasteiger partial charge >= 0.3 is 5.69 Å². The van der Waals surface area contributed by atoms with Crippen molar-refractivity contribution in [2.75, 3.05) is 25.6 Å². The van der Waals surface area contributed by atoms with Crippen LogP contribution in [0.1, 0.15) is 5.56 Å². The molecule has 7 heteroatoms. The molecule has 2 heterocycles. The van der Waals surface area contributed by atoms with E-state index in [1.165, 1.54) is 11.6 Å². The fourth-order valence-electron chi connectivity index (χ4n) is 2.13. The minimum absolute atomic E-state index is 0.348. The Balaban J connectivity index is 2.77. The Kier molecular flexibility index (Phi) is 3.89. The van der Waals surface area contributed by atoms with Crippen LogP contribution in [-0.4, -0.2) is 34.4 Å². The largest absolute Gasteiger partial charge is 0.383 e. The molecule has 2 rings (SSSR count). The first kappa shape index (κ1) is 14.3. The number of rotatable bonds is 4.